The van der Waals surface area contributed by atoms with Gasteiger partial charge in [0, 0.05) is 18.5 Å². The molecule has 0 aliphatic carbocycles. The van der Waals surface area contributed by atoms with Crippen LogP contribution in [0.25, 0.3) is 0 Å². The number of nitrogens with zero attached hydrogens (tertiary/aromatic N) is 1. The Morgan fingerprint density at radius 2 is 2.14 bits per heavy atom. The number of aryl methyl sites for hydroxylation is 1. The lowest BCUT2D eigenvalue weighted by Crippen LogP contribution is -2.27. The van der Waals surface area contributed by atoms with Gasteiger partial charge in [0.15, 0.2) is 0 Å². The highest BCUT2D eigenvalue weighted by molar-refractivity contribution is 7.80. The van der Waals surface area contributed by atoms with Gasteiger partial charge in [-0.3, -0.25) is 9.69 Å². The minimum absolute atomic E-state index is 0.112. The molecule has 1 amide bonds. The van der Waals surface area contributed by atoms with Crippen molar-refractivity contribution >= 4 is 28.8 Å². The molecular formula is C11H11NOS. The lowest BCUT2D eigenvalue weighted by Gasteiger charge is -2.16. The number of carbonyl (C=O) groups is 1. The molecule has 1 aliphatic heterocycles. The molecule has 0 aromatic heterocycles. The van der Waals surface area contributed by atoms with E-state index in [0.29, 0.717) is 12.8 Å². The molecule has 14 heavy (non-hydrogen) atoms. The Balaban J connectivity index is 2.39. The fourth-order valence-electron chi connectivity index (χ4n) is 1.63. The minimum Gasteiger partial charge on any atom is -0.275 e. The number of benzene rings is 1. The molecule has 1 fully saturated rings. The maximum absolute atomic E-state index is 11.5. The van der Waals surface area contributed by atoms with Crippen LogP contribution in [0.2, 0.25) is 0 Å². The van der Waals surface area contributed by atoms with E-state index in [4.69, 9.17) is 12.2 Å². The summed E-state index contributed by atoms with van der Waals surface area (Å²) in [7, 11) is 0. The molecule has 1 aliphatic rings. The smallest absolute Gasteiger partial charge is 0.232 e. The summed E-state index contributed by atoms with van der Waals surface area (Å²) in [5, 5.41) is 0. The van der Waals surface area contributed by atoms with E-state index >= 15 is 0 Å². The highest BCUT2D eigenvalue weighted by Gasteiger charge is 2.26. The molecule has 0 unspecified atom stereocenters. The zero-order valence-corrected chi connectivity index (χ0v) is 8.80. The van der Waals surface area contributed by atoms with Crippen molar-refractivity contribution in [3.05, 3.63) is 29.8 Å². The normalized spacial score (nSPS) is 16.5. The van der Waals surface area contributed by atoms with Gasteiger partial charge in [-0.15, -0.1) is 0 Å². The molecule has 72 valence electrons. The predicted octanol–water partition coefficient (Wildman–Crippen LogP) is 2.45. The Morgan fingerprint density at radius 3 is 2.71 bits per heavy atom. The summed E-state index contributed by atoms with van der Waals surface area (Å²) in [6.07, 6.45) is 1.26. The molecule has 1 heterocycles. The third-order valence-corrected chi connectivity index (χ3v) is 2.70. The van der Waals surface area contributed by atoms with Gasteiger partial charge in [0.05, 0.1) is 4.99 Å². The standard InChI is InChI=1S/C11H11NOS/c1-8-3-2-4-9(7-8)12-10(13)5-6-11(12)14/h2-4,7H,5-6H2,1H3. The van der Waals surface area contributed by atoms with Crippen LogP contribution in [-0.4, -0.2) is 10.9 Å². The third-order valence-electron chi connectivity index (χ3n) is 2.31. The molecule has 3 heteroatoms. The van der Waals surface area contributed by atoms with Crippen LogP contribution < -0.4 is 4.90 Å². The van der Waals surface area contributed by atoms with Crippen LogP contribution in [0, 0.1) is 6.92 Å². The van der Waals surface area contributed by atoms with Crippen molar-refractivity contribution in [2.45, 2.75) is 19.8 Å². The molecule has 1 aromatic rings. The minimum atomic E-state index is 0.112. The van der Waals surface area contributed by atoms with Gasteiger partial charge in [0.1, 0.15) is 0 Å². The van der Waals surface area contributed by atoms with E-state index in [1.807, 2.05) is 31.2 Å². The molecule has 0 saturated carbocycles. The van der Waals surface area contributed by atoms with Crippen LogP contribution in [0.4, 0.5) is 5.69 Å². The first-order valence-electron chi connectivity index (χ1n) is 4.61. The van der Waals surface area contributed by atoms with Gasteiger partial charge in [-0.1, -0.05) is 24.4 Å². The number of hydrogen-bond acceptors (Lipinski definition) is 2. The molecule has 0 radical (unpaired) electrons. The summed E-state index contributed by atoms with van der Waals surface area (Å²) in [4.78, 5) is 13.9. The van der Waals surface area contributed by atoms with Crippen molar-refractivity contribution in [1.29, 1.82) is 0 Å². The van der Waals surface area contributed by atoms with Gasteiger partial charge in [0.2, 0.25) is 5.91 Å². The predicted molar refractivity (Wildman–Crippen MR) is 60.5 cm³/mol. The summed E-state index contributed by atoms with van der Waals surface area (Å²) >= 11 is 5.15. The summed E-state index contributed by atoms with van der Waals surface area (Å²) < 4.78 is 0. The number of anilines is 1. The van der Waals surface area contributed by atoms with E-state index in [-0.39, 0.29) is 5.91 Å². The number of hydrogen-bond donors (Lipinski definition) is 0. The second-order valence-electron chi connectivity index (χ2n) is 3.46. The van der Waals surface area contributed by atoms with Crippen LogP contribution in [0.5, 0.6) is 0 Å². The topological polar surface area (TPSA) is 20.3 Å². The van der Waals surface area contributed by atoms with Gasteiger partial charge in [-0.05, 0) is 24.6 Å². The summed E-state index contributed by atoms with van der Waals surface area (Å²) in [6, 6.07) is 7.85. The first kappa shape index (κ1) is 9.34. The molecule has 1 aromatic carbocycles. The maximum atomic E-state index is 11.5. The van der Waals surface area contributed by atoms with Crippen LogP contribution in [-0.2, 0) is 4.79 Å². The second kappa shape index (κ2) is 3.50. The first-order valence-corrected chi connectivity index (χ1v) is 5.02. The lowest BCUT2D eigenvalue weighted by molar-refractivity contribution is -0.116. The molecule has 2 nitrogen and oxygen atoms in total. The zero-order chi connectivity index (χ0) is 10.1. The quantitative estimate of drug-likeness (QED) is 0.656. The molecule has 0 N–H and O–H groups in total. The molecule has 0 spiro atoms. The fourth-order valence-corrected chi connectivity index (χ4v) is 1.94. The van der Waals surface area contributed by atoms with Crippen LogP contribution in [0.15, 0.2) is 24.3 Å². The average Bonchev–Trinajstić information content (AvgIpc) is 2.46. The molecule has 0 bridgehead atoms. The largest absolute Gasteiger partial charge is 0.275 e. The molecule has 0 atom stereocenters. The molecular weight excluding hydrogens is 194 g/mol. The summed E-state index contributed by atoms with van der Waals surface area (Å²) in [5.41, 5.74) is 2.04. The van der Waals surface area contributed by atoms with Gasteiger partial charge in [-0.25, -0.2) is 0 Å². The monoisotopic (exact) mass is 205 g/mol. The van der Waals surface area contributed by atoms with Gasteiger partial charge in [0.25, 0.3) is 0 Å². The van der Waals surface area contributed by atoms with Crippen LogP contribution >= 0.6 is 12.2 Å². The summed E-state index contributed by atoms with van der Waals surface area (Å²) in [6.45, 7) is 2.01. The van der Waals surface area contributed by atoms with E-state index in [1.54, 1.807) is 4.90 Å². The van der Waals surface area contributed by atoms with Gasteiger partial charge < -0.3 is 0 Å². The van der Waals surface area contributed by atoms with Crippen molar-refractivity contribution in [3.8, 4) is 0 Å². The van der Waals surface area contributed by atoms with Crippen molar-refractivity contribution in [2.75, 3.05) is 4.90 Å². The van der Waals surface area contributed by atoms with E-state index in [0.717, 1.165) is 16.2 Å². The van der Waals surface area contributed by atoms with Crippen molar-refractivity contribution in [1.82, 2.24) is 0 Å². The number of amides is 1. The van der Waals surface area contributed by atoms with Crippen molar-refractivity contribution < 1.29 is 4.79 Å². The van der Waals surface area contributed by atoms with Crippen molar-refractivity contribution in [3.63, 3.8) is 0 Å². The third kappa shape index (κ3) is 1.55. The highest BCUT2D eigenvalue weighted by atomic mass is 32.1. The first-order chi connectivity index (χ1) is 6.68. The van der Waals surface area contributed by atoms with E-state index in [2.05, 4.69) is 0 Å². The van der Waals surface area contributed by atoms with E-state index in [1.165, 1.54) is 0 Å². The number of thiocarbonyl (C=S) groups is 1. The Hall–Kier alpha value is -1.22. The second-order valence-corrected chi connectivity index (χ2v) is 3.93. The van der Waals surface area contributed by atoms with Crippen LogP contribution in [0.1, 0.15) is 18.4 Å². The van der Waals surface area contributed by atoms with Crippen molar-refractivity contribution in [2.24, 2.45) is 0 Å². The SMILES string of the molecule is Cc1cccc(N2C(=O)CCC2=S)c1. The Morgan fingerprint density at radius 1 is 1.36 bits per heavy atom. The maximum Gasteiger partial charge on any atom is 0.232 e. The number of rotatable bonds is 1. The van der Waals surface area contributed by atoms with Gasteiger partial charge >= 0.3 is 0 Å². The molecule has 2 rings (SSSR count). The van der Waals surface area contributed by atoms with E-state index in [9.17, 15) is 4.79 Å². The summed E-state index contributed by atoms with van der Waals surface area (Å²) in [5.74, 6) is 0.112. The number of carbonyl (C=O) groups excluding carboxylic acids is 1. The van der Waals surface area contributed by atoms with E-state index < -0.39 is 0 Å². The molecule has 1 saturated heterocycles. The fraction of sp³-hybridized carbons (Fsp3) is 0.273. The lowest BCUT2D eigenvalue weighted by atomic mass is 10.2. The average molecular weight is 205 g/mol. The Labute approximate surface area is 88.5 Å². The highest BCUT2D eigenvalue weighted by Crippen LogP contribution is 2.23. The Kier molecular flexibility index (Phi) is 2.33. The van der Waals surface area contributed by atoms with Crippen LogP contribution in [0.3, 0.4) is 0 Å². The Bertz CT molecular complexity index is 384. The zero-order valence-electron chi connectivity index (χ0n) is 7.99. The van der Waals surface area contributed by atoms with Gasteiger partial charge in [-0.2, -0.15) is 0 Å².